The molecule has 3 aromatic rings. The fourth-order valence-electron chi connectivity index (χ4n) is 3.47. The van der Waals surface area contributed by atoms with E-state index >= 15 is 0 Å². The van der Waals surface area contributed by atoms with Crippen LogP contribution in [0.2, 0.25) is 0 Å². The van der Waals surface area contributed by atoms with Crippen LogP contribution in [0.1, 0.15) is 53.4 Å². The van der Waals surface area contributed by atoms with Crippen LogP contribution in [-0.4, -0.2) is 16.8 Å². The third-order valence-electron chi connectivity index (χ3n) is 5.38. The number of nitrogens with zero attached hydrogens (tertiary/aromatic N) is 1. The van der Waals surface area contributed by atoms with Gasteiger partial charge in [-0.1, -0.05) is 87.5 Å². The van der Waals surface area contributed by atoms with Crippen molar-refractivity contribution in [3.63, 3.8) is 0 Å². The van der Waals surface area contributed by atoms with Crippen molar-refractivity contribution in [1.82, 2.24) is 10.2 Å². The van der Waals surface area contributed by atoms with Gasteiger partial charge in [-0.3, -0.25) is 10.2 Å². The molecule has 0 unspecified atom stereocenters. The van der Waals surface area contributed by atoms with E-state index in [1.165, 1.54) is 5.56 Å². The average Bonchev–Trinajstić information content (AvgIpc) is 2.78. The first-order valence-corrected chi connectivity index (χ1v) is 10.8. The van der Waals surface area contributed by atoms with Crippen LogP contribution in [0.25, 0.3) is 0 Å². The van der Waals surface area contributed by atoms with Gasteiger partial charge in [-0.05, 0) is 39.8 Å². The first-order valence-electron chi connectivity index (χ1n) is 10.8. The largest absolute Gasteiger partial charge is 0.370 e. The molecule has 0 aliphatic rings. The van der Waals surface area contributed by atoms with E-state index in [9.17, 15) is 4.79 Å². The Bertz CT molecular complexity index is 1040. The maximum absolute atomic E-state index is 13.3. The van der Waals surface area contributed by atoms with Gasteiger partial charge in [-0.2, -0.15) is 0 Å². The van der Waals surface area contributed by atoms with Crippen LogP contribution < -0.4 is 11.1 Å². The van der Waals surface area contributed by atoms with Gasteiger partial charge in [0.2, 0.25) is 0 Å². The maximum Gasteiger partial charge on any atom is 0.254 e. The molecule has 3 rings (SSSR count). The number of amides is 1. The van der Waals surface area contributed by atoms with E-state index in [2.05, 4.69) is 50.4 Å². The molecule has 0 saturated heterocycles. The second-order valence-electron chi connectivity index (χ2n) is 9.06. The number of nitrogens with one attached hydrogen (secondary N) is 2. The van der Waals surface area contributed by atoms with E-state index in [1.807, 2.05) is 59.5 Å². The monoisotopic (exact) mass is 428 g/mol. The second kappa shape index (κ2) is 10.1. The summed E-state index contributed by atoms with van der Waals surface area (Å²) < 4.78 is 0. The van der Waals surface area contributed by atoms with Crippen molar-refractivity contribution in [3.05, 3.63) is 107 Å². The molecule has 5 heteroatoms. The lowest BCUT2D eigenvalue weighted by Crippen LogP contribution is -2.30. The summed E-state index contributed by atoms with van der Waals surface area (Å²) in [6, 6.07) is 26.0. The summed E-state index contributed by atoms with van der Waals surface area (Å²) >= 11 is 0. The van der Waals surface area contributed by atoms with Crippen LogP contribution in [0, 0.1) is 5.41 Å². The van der Waals surface area contributed by atoms with Crippen molar-refractivity contribution >= 4 is 11.9 Å². The number of rotatable bonds is 7. The van der Waals surface area contributed by atoms with E-state index in [1.54, 1.807) is 0 Å². The lowest BCUT2D eigenvalue weighted by molar-refractivity contribution is 0.0730. The van der Waals surface area contributed by atoms with Crippen LogP contribution >= 0.6 is 0 Å². The molecule has 0 fully saturated rings. The molecule has 0 bridgehead atoms. The zero-order valence-corrected chi connectivity index (χ0v) is 19.1. The molecule has 0 aliphatic heterocycles. The minimum Gasteiger partial charge on any atom is -0.370 e. The lowest BCUT2D eigenvalue weighted by atomic mass is 9.87. The molecule has 0 saturated carbocycles. The summed E-state index contributed by atoms with van der Waals surface area (Å²) in [5, 5.41) is 10.1. The molecule has 0 radical (unpaired) electrons. The number of guanidine groups is 1. The SMILES string of the molecule is CC(C)(C)c1ccc(CN(Cc2ccc(CNC(=N)N)cc2)C(=O)c2ccccc2)cc1. The predicted molar refractivity (Wildman–Crippen MR) is 130 cm³/mol. The number of hydrogen-bond acceptors (Lipinski definition) is 2. The molecule has 3 aromatic carbocycles. The zero-order chi connectivity index (χ0) is 23.1. The molecule has 0 heterocycles. The normalized spacial score (nSPS) is 11.1. The van der Waals surface area contributed by atoms with Gasteiger partial charge in [0, 0.05) is 25.2 Å². The van der Waals surface area contributed by atoms with Gasteiger partial charge in [0.15, 0.2) is 5.96 Å². The minimum absolute atomic E-state index is 0.00724. The molecule has 0 aliphatic carbocycles. The summed E-state index contributed by atoms with van der Waals surface area (Å²) in [6.45, 7) is 8.14. The molecular formula is C27H32N4O. The van der Waals surface area contributed by atoms with Gasteiger partial charge in [-0.15, -0.1) is 0 Å². The third kappa shape index (κ3) is 6.45. The summed E-state index contributed by atoms with van der Waals surface area (Å²) in [6.07, 6.45) is 0. The van der Waals surface area contributed by atoms with Crippen molar-refractivity contribution in [2.24, 2.45) is 5.73 Å². The molecule has 1 amide bonds. The minimum atomic E-state index is -0.0498. The zero-order valence-electron chi connectivity index (χ0n) is 19.1. The van der Waals surface area contributed by atoms with Gasteiger partial charge >= 0.3 is 0 Å². The summed E-state index contributed by atoms with van der Waals surface area (Å²) in [7, 11) is 0. The molecule has 0 atom stereocenters. The van der Waals surface area contributed by atoms with Crippen molar-refractivity contribution in [2.45, 2.75) is 45.8 Å². The Hall–Kier alpha value is -3.60. The van der Waals surface area contributed by atoms with Crippen LogP contribution in [0.3, 0.4) is 0 Å². The quantitative estimate of drug-likeness (QED) is 0.373. The number of nitrogens with two attached hydrogens (primary N) is 1. The molecular weight excluding hydrogens is 396 g/mol. The van der Waals surface area contributed by atoms with Crippen molar-refractivity contribution in [1.29, 1.82) is 5.41 Å². The van der Waals surface area contributed by atoms with Gasteiger partial charge < -0.3 is 16.0 Å². The van der Waals surface area contributed by atoms with E-state index < -0.39 is 0 Å². The Labute approximate surface area is 190 Å². The van der Waals surface area contributed by atoms with Crippen LogP contribution in [0.15, 0.2) is 78.9 Å². The van der Waals surface area contributed by atoms with Crippen molar-refractivity contribution < 1.29 is 4.79 Å². The summed E-state index contributed by atoms with van der Waals surface area (Å²) in [5.74, 6) is -0.0426. The van der Waals surface area contributed by atoms with Crippen molar-refractivity contribution in [3.8, 4) is 0 Å². The Kier molecular flexibility index (Phi) is 7.31. The number of carbonyl (C=O) groups excluding carboxylic acids is 1. The molecule has 166 valence electrons. The molecule has 32 heavy (non-hydrogen) atoms. The Morgan fingerprint density at radius 2 is 1.34 bits per heavy atom. The van der Waals surface area contributed by atoms with Gasteiger partial charge in [0.1, 0.15) is 0 Å². The highest BCUT2D eigenvalue weighted by molar-refractivity contribution is 5.94. The van der Waals surface area contributed by atoms with Gasteiger partial charge in [-0.25, -0.2) is 0 Å². The second-order valence-corrected chi connectivity index (χ2v) is 9.06. The molecule has 0 aromatic heterocycles. The van der Waals surface area contributed by atoms with E-state index in [4.69, 9.17) is 11.1 Å². The Morgan fingerprint density at radius 3 is 1.84 bits per heavy atom. The highest BCUT2D eigenvalue weighted by atomic mass is 16.2. The summed E-state index contributed by atoms with van der Waals surface area (Å²) in [5.41, 5.74) is 10.6. The van der Waals surface area contributed by atoms with Gasteiger partial charge in [0.25, 0.3) is 5.91 Å². The Morgan fingerprint density at radius 1 is 0.844 bits per heavy atom. The van der Waals surface area contributed by atoms with Crippen LogP contribution in [0.5, 0.6) is 0 Å². The highest BCUT2D eigenvalue weighted by Gasteiger charge is 2.18. The lowest BCUT2D eigenvalue weighted by Gasteiger charge is -2.24. The smallest absolute Gasteiger partial charge is 0.254 e. The average molecular weight is 429 g/mol. The Balaban J connectivity index is 1.79. The number of hydrogen-bond donors (Lipinski definition) is 3. The topological polar surface area (TPSA) is 82.2 Å². The first kappa shape index (κ1) is 23.1. The van der Waals surface area contributed by atoms with Crippen LogP contribution in [-0.2, 0) is 25.0 Å². The standard InChI is InChI=1S/C27H32N4O/c1-27(2,3)24-15-13-22(14-16-24)19-31(25(32)23-7-5-4-6-8-23)18-21-11-9-20(10-12-21)17-30-26(28)29/h4-16H,17-19H2,1-3H3,(H4,28,29,30). The number of carbonyl (C=O) groups is 1. The molecule has 4 N–H and O–H groups in total. The van der Waals surface area contributed by atoms with Gasteiger partial charge in [0.05, 0.1) is 0 Å². The first-order chi connectivity index (χ1) is 15.2. The van der Waals surface area contributed by atoms with E-state index in [-0.39, 0.29) is 17.3 Å². The van der Waals surface area contributed by atoms with Crippen molar-refractivity contribution in [2.75, 3.05) is 0 Å². The highest BCUT2D eigenvalue weighted by Crippen LogP contribution is 2.23. The fraction of sp³-hybridized carbons (Fsp3) is 0.259. The molecule has 5 nitrogen and oxygen atoms in total. The van der Waals surface area contributed by atoms with E-state index in [0.29, 0.717) is 25.2 Å². The molecule has 0 spiro atoms. The van der Waals surface area contributed by atoms with Crippen LogP contribution in [0.4, 0.5) is 0 Å². The van der Waals surface area contributed by atoms with E-state index in [0.717, 1.165) is 16.7 Å². The maximum atomic E-state index is 13.3. The predicted octanol–water partition coefficient (Wildman–Crippen LogP) is 4.81. The summed E-state index contributed by atoms with van der Waals surface area (Å²) in [4.78, 5) is 15.2. The third-order valence-corrected chi connectivity index (χ3v) is 5.38. The fourth-order valence-corrected chi connectivity index (χ4v) is 3.47. The number of benzene rings is 3.